The number of halogens is 3. The predicted octanol–water partition coefficient (Wildman–Crippen LogP) is 5.44. The lowest BCUT2D eigenvalue weighted by atomic mass is 9.94. The molecule has 0 radical (unpaired) electrons. The van der Waals surface area contributed by atoms with Crippen molar-refractivity contribution in [1.82, 2.24) is 0 Å². The van der Waals surface area contributed by atoms with E-state index in [9.17, 15) is 18.0 Å². The van der Waals surface area contributed by atoms with Crippen LogP contribution in [0.3, 0.4) is 0 Å². The van der Waals surface area contributed by atoms with Gasteiger partial charge < -0.3 is 10.2 Å². The maximum Gasteiger partial charge on any atom is 0.416 e. The van der Waals surface area contributed by atoms with Gasteiger partial charge in [-0.15, -0.1) is 0 Å². The summed E-state index contributed by atoms with van der Waals surface area (Å²) in [5.74, 6) is -0.928. The van der Waals surface area contributed by atoms with Gasteiger partial charge in [0.25, 0.3) is 0 Å². The number of nitrogens with one attached hydrogen (secondary N) is 1. The maximum absolute atomic E-state index is 13.0. The van der Waals surface area contributed by atoms with Gasteiger partial charge in [-0.3, -0.25) is 4.79 Å². The van der Waals surface area contributed by atoms with Crippen LogP contribution in [0.5, 0.6) is 0 Å². The van der Waals surface area contributed by atoms with Gasteiger partial charge in [-0.25, -0.2) is 0 Å². The molecule has 1 aliphatic rings. The number of hydrogen-bond donors (Lipinski definition) is 1. The fourth-order valence-electron chi connectivity index (χ4n) is 3.54. The number of anilines is 2. The Hall–Kier alpha value is -2.50. The monoisotopic (exact) mass is 376 g/mol. The van der Waals surface area contributed by atoms with E-state index in [1.807, 2.05) is 24.3 Å². The van der Waals surface area contributed by atoms with Crippen molar-refractivity contribution < 1.29 is 18.0 Å². The van der Waals surface area contributed by atoms with Gasteiger partial charge in [0.05, 0.1) is 22.9 Å². The van der Waals surface area contributed by atoms with Gasteiger partial charge in [0, 0.05) is 13.1 Å². The van der Waals surface area contributed by atoms with Gasteiger partial charge >= 0.3 is 6.18 Å². The van der Waals surface area contributed by atoms with Crippen molar-refractivity contribution in [2.75, 3.05) is 23.3 Å². The number of nitrogens with zero attached hydrogens (tertiary/aromatic N) is 1. The second-order valence-corrected chi connectivity index (χ2v) is 6.78. The third-order valence-electron chi connectivity index (χ3n) is 4.95. The van der Waals surface area contributed by atoms with Gasteiger partial charge in [-0.1, -0.05) is 37.3 Å². The molecule has 144 valence electrons. The molecule has 2 aromatic carbocycles. The van der Waals surface area contributed by atoms with Crippen molar-refractivity contribution in [2.24, 2.45) is 0 Å². The number of rotatable bonds is 5. The molecule has 3 nitrogen and oxygen atoms in total. The molecule has 1 atom stereocenters. The first kappa shape index (κ1) is 19.3. The standard InChI is InChI=1S/C21H23F3N2O/c1-2-17(15-8-7-9-16(14-15)21(22,23)24)20(27)25-18-10-3-4-11-19(18)26-12-5-6-13-26/h3-4,7-11,14,17H,2,5-6,12-13H2,1H3,(H,25,27). The molecule has 1 aliphatic heterocycles. The molecule has 0 aromatic heterocycles. The lowest BCUT2D eigenvalue weighted by Crippen LogP contribution is -2.24. The molecule has 1 fully saturated rings. The average molecular weight is 376 g/mol. The van der Waals surface area contributed by atoms with Crippen LogP contribution in [0.1, 0.15) is 43.2 Å². The molecule has 1 N–H and O–H groups in total. The molecule has 1 heterocycles. The van der Waals surface area contributed by atoms with Crippen LogP contribution in [0, 0.1) is 0 Å². The minimum atomic E-state index is -4.42. The Labute approximate surface area is 157 Å². The van der Waals surface area contributed by atoms with Crippen LogP contribution >= 0.6 is 0 Å². The lowest BCUT2D eigenvalue weighted by Gasteiger charge is -2.23. The van der Waals surface area contributed by atoms with Gasteiger partial charge in [0.2, 0.25) is 5.91 Å². The molecule has 6 heteroatoms. The summed E-state index contributed by atoms with van der Waals surface area (Å²) in [4.78, 5) is 15.1. The van der Waals surface area contributed by atoms with Gasteiger partial charge in [-0.05, 0) is 43.0 Å². The Morgan fingerprint density at radius 3 is 2.48 bits per heavy atom. The lowest BCUT2D eigenvalue weighted by molar-refractivity contribution is -0.137. The molecule has 0 saturated carbocycles. The molecular weight excluding hydrogens is 353 g/mol. The second-order valence-electron chi connectivity index (χ2n) is 6.78. The zero-order valence-corrected chi connectivity index (χ0v) is 15.2. The quantitative estimate of drug-likeness (QED) is 0.754. The summed E-state index contributed by atoms with van der Waals surface area (Å²) in [5, 5.41) is 2.93. The number of carbonyl (C=O) groups excluding carboxylic acids is 1. The van der Waals surface area contributed by atoms with Crippen LogP contribution in [0.15, 0.2) is 48.5 Å². The van der Waals surface area contributed by atoms with Crippen LogP contribution in [-0.4, -0.2) is 19.0 Å². The summed E-state index contributed by atoms with van der Waals surface area (Å²) in [6.07, 6.45) is -1.78. The molecule has 3 rings (SSSR count). The van der Waals surface area contributed by atoms with E-state index in [1.54, 1.807) is 13.0 Å². The largest absolute Gasteiger partial charge is 0.416 e. The highest BCUT2D eigenvalue weighted by molar-refractivity contribution is 5.98. The van der Waals surface area contributed by atoms with Crippen molar-refractivity contribution in [3.63, 3.8) is 0 Å². The summed E-state index contributed by atoms with van der Waals surface area (Å²) in [6, 6.07) is 12.6. The Morgan fingerprint density at radius 1 is 1.11 bits per heavy atom. The average Bonchev–Trinajstić information content (AvgIpc) is 3.17. The summed E-state index contributed by atoms with van der Waals surface area (Å²) in [7, 11) is 0. The van der Waals surface area contributed by atoms with Crippen molar-refractivity contribution in [3.05, 3.63) is 59.7 Å². The van der Waals surface area contributed by atoms with Crippen LogP contribution in [0.25, 0.3) is 0 Å². The highest BCUT2D eigenvalue weighted by Gasteiger charge is 2.31. The number of carbonyl (C=O) groups is 1. The number of benzene rings is 2. The molecular formula is C21H23F3N2O. The fraction of sp³-hybridized carbons (Fsp3) is 0.381. The second kappa shape index (κ2) is 8.03. The normalized spacial score (nSPS) is 15.6. The summed E-state index contributed by atoms with van der Waals surface area (Å²) in [5.41, 5.74) is 1.31. The van der Waals surface area contributed by atoms with Crippen molar-refractivity contribution in [1.29, 1.82) is 0 Å². The fourth-order valence-corrected chi connectivity index (χ4v) is 3.54. The third-order valence-corrected chi connectivity index (χ3v) is 4.95. The zero-order chi connectivity index (χ0) is 19.4. The molecule has 1 saturated heterocycles. The van der Waals surface area contributed by atoms with Gasteiger partial charge in [0.1, 0.15) is 0 Å². The van der Waals surface area contributed by atoms with E-state index in [1.165, 1.54) is 6.07 Å². The predicted molar refractivity (Wildman–Crippen MR) is 101 cm³/mol. The molecule has 0 aliphatic carbocycles. The smallest absolute Gasteiger partial charge is 0.370 e. The zero-order valence-electron chi connectivity index (χ0n) is 15.2. The Morgan fingerprint density at radius 2 is 1.81 bits per heavy atom. The van der Waals surface area contributed by atoms with E-state index in [-0.39, 0.29) is 5.91 Å². The number of para-hydroxylation sites is 2. The minimum absolute atomic E-state index is 0.288. The molecule has 2 aromatic rings. The van der Waals surface area contributed by atoms with Crippen molar-refractivity contribution in [3.8, 4) is 0 Å². The number of alkyl halides is 3. The van der Waals surface area contributed by atoms with Crippen LogP contribution in [0.2, 0.25) is 0 Å². The summed E-state index contributed by atoms with van der Waals surface area (Å²) in [6.45, 7) is 3.69. The summed E-state index contributed by atoms with van der Waals surface area (Å²) < 4.78 is 39.0. The van der Waals surface area contributed by atoms with Crippen molar-refractivity contribution >= 4 is 17.3 Å². The number of hydrogen-bond acceptors (Lipinski definition) is 2. The summed E-state index contributed by atoms with van der Waals surface area (Å²) >= 11 is 0. The molecule has 0 spiro atoms. The molecule has 0 bridgehead atoms. The van der Waals surface area contributed by atoms with Crippen molar-refractivity contribution in [2.45, 2.75) is 38.3 Å². The molecule has 1 amide bonds. The van der Waals surface area contributed by atoms with Crippen LogP contribution < -0.4 is 10.2 Å². The van der Waals surface area contributed by atoms with E-state index in [4.69, 9.17) is 0 Å². The maximum atomic E-state index is 13.0. The minimum Gasteiger partial charge on any atom is -0.370 e. The first-order valence-electron chi connectivity index (χ1n) is 9.22. The van der Waals surface area contributed by atoms with E-state index < -0.39 is 17.7 Å². The highest BCUT2D eigenvalue weighted by Crippen LogP contribution is 2.33. The van der Waals surface area contributed by atoms with E-state index in [0.717, 1.165) is 43.8 Å². The topological polar surface area (TPSA) is 32.3 Å². The Bertz CT molecular complexity index is 798. The Kier molecular flexibility index (Phi) is 5.73. The Balaban J connectivity index is 1.83. The van der Waals surface area contributed by atoms with E-state index in [0.29, 0.717) is 17.7 Å². The third kappa shape index (κ3) is 4.43. The number of amides is 1. The van der Waals surface area contributed by atoms with E-state index in [2.05, 4.69) is 10.2 Å². The van der Waals surface area contributed by atoms with Gasteiger partial charge in [0.15, 0.2) is 0 Å². The first-order valence-corrected chi connectivity index (χ1v) is 9.22. The van der Waals surface area contributed by atoms with E-state index >= 15 is 0 Å². The first-order chi connectivity index (χ1) is 12.9. The molecule has 1 unspecified atom stereocenters. The SMILES string of the molecule is CCC(C(=O)Nc1ccccc1N1CCCC1)c1cccc(C(F)(F)F)c1. The van der Waals surface area contributed by atoms with Gasteiger partial charge in [-0.2, -0.15) is 13.2 Å². The highest BCUT2D eigenvalue weighted by atomic mass is 19.4. The molecule has 27 heavy (non-hydrogen) atoms. The van der Waals surface area contributed by atoms with Crippen LogP contribution in [0.4, 0.5) is 24.5 Å². The van der Waals surface area contributed by atoms with Crippen LogP contribution in [-0.2, 0) is 11.0 Å².